The fraction of sp³-hybridized carbons (Fsp3) is 1.00. The van der Waals surface area contributed by atoms with Gasteiger partial charge in [0.2, 0.25) is 0 Å². The van der Waals surface area contributed by atoms with E-state index in [2.05, 4.69) is 0 Å². The van der Waals surface area contributed by atoms with Crippen LogP contribution in [0.2, 0.25) is 3.67 Å². The summed E-state index contributed by atoms with van der Waals surface area (Å²) in [7, 11) is 0. The van der Waals surface area contributed by atoms with Crippen molar-refractivity contribution in [1.82, 2.24) is 0 Å². The monoisotopic (exact) mass is 78.0 g/mol. The first kappa shape index (κ1) is 4.17. The van der Waals surface area contributed by atoms with Crippen molar-refractivity contribution in [2.45, 2.75) is 16.5 Å². The Labute approximate surface area is 50.4 Å². The van der Waals surface area contributed by atoms with E-state index in [1.165, 1.54) is 33.8 Å². The Morgan fingerprint density at radius 3 is 2.20 bits per heavy atom. The molecular weight excluding hydrogens is 71.0 g/mol. The second-order valence-corrected chi connectivity index (χ2v) is 2.67. The molecule has 1 rings (SSSR count). The summed E-state index contributed by atoms with van der Waals surface area (Å²) in [6, 6.07) is 0. The molecule has 0 saturated heterocycles. The molecule has 0 bridgehead atoms. The van der Waals surface area contributed by atoms with E-state index in [1.54, 1.807) is 16.5 Å². The van der Waals surface area contributed by atoms with Gasteiger partial charge in [-0.25, -0.2) is 0 Å². The fourth-order valence-corrected chi connectivity index (χ4v) is 1.34. The van der Waals surface area contributed by atoms with Crippen LogP contribution in [0.5, 0.6) is 0 Å². The molecule has 1 fully saturated rings. The van der Waals surface area contributed by atoms with Gasteiger partial charge in [0.05, 0.1) is 0 Å². The van der Waals surface area contributed by atoms with Crippen molar-refractivity contribution in [1.29, 1.82) is 0 Å². The van der Waals surface area contributed by atoms with Crippen LogP contribution < -0.4 is 0 Å². The molecule has 0 spiro atoms. The van der Waals surface area contributed by atoms with Gasteiger partial charge in [-0.3, -0.25) is 0 Å². The average molecular weight is 78.1 g/mol. The Balaban J connectivity index is 2.00. The van der Waals surface area contributed by atoms with Crippen LogP contribution in [0.3, 0.4) is 0 Å². The van der Waals surface area contributed by atoms with Crippen molar-refractivity contribution in [3.63, 3.8) is 0 Å². The van der Waals surface area contributed by atoms with Gasteiger partial charge in [-0.15, -0.1) is 0 Å². The molecule has 0 heterocycles. The van der Waals surface area contributed by atoms with E-state index in [4.69, 9.17) is 0 Å². The van der Waals surface area contributed by atoms with Crippen molar-refractivity contribution in [3.05, 3.63) is 0 Å². The summed E-state index contributed by atoms with van der Waals surface area (Å²) in [6.45, 7) is 0. The van der Waals surface area contributed by atoms with Gasteiger partial charge in [-0.05, 0) is 0 Å². The van der Waals surface area contributed by atoms with Crippen molar-refractivity contribution in [2.75, 3.05) is 0 Å². The standard InChI is InChI=1S/C4H7.Na/c1-4-2-3-4;/h4H,1-3H2;. The first-order chi connectivity index (χ1) is 2.43. The second kappa shape index (κ2) is 1.63. The van der Waals surface area contributed by atoms with Gasteiger partial charge in [-0.1, -0.05) is 0 Å². The van der Waals surface area contributed by atoms with Gasteiger partial charge in [0, 0.05) is 0 Å². The van der Waals surface area contributed by atoms with E-state index in [-0.39, 0.29) is 0 Å². The zero-order valence-electron chi connectivity index (χ0n) is 3.70. The second-order valence-electron chi connectivity index (χ2n) is 1.85. The third-order valence-electron chi connectivity index (χ3n) is 1.27. The molecule has 1 aliphatic rings. The third kappa shape index (κ3) is 1.25. The quantitative estimate of drug-likeness (QED) is 0.410. The molecular formula is C4H7Na. The molecule has 0 aromatic rings. The van der Waals surface area contributed by atoms with E-state index in [0.29, 0.717) is 0 Å². The van der Waals surface area contributed by atoms with Gasteiger partial charge < -0.3 is 0 Å². The molecule has 24 valence electrons. The minimum absolute atomic E-state index is 1.20. The van der Waals surface area contributed by atoms with Crippen LogP contribution in [0, 0.1) is 5.92 Å². The van der Waals surface area contributed by atoms with Crippen LogP contribution in [0.4, 0.5) is 0 Å². The third-order valence-corrected chi connectivity index (χ3v) is 2.43. The summed E-state index contributed by atoms with van der Waals surface area (Å²) in [5.74, 6) is 1.20. The summed E-state index contributed by atoms with van der Waals surface area (Å²) in [4.78, 5) is 0. The summed E-state index contributed by atoms with van der Waals surface area (Å²) >= 11 is 1.44. The number of hydrogen-bond donors (Lipinski definition) is 0. The van der Waals surface area contributed by atoms with Crippen molar-refractivity contribution in [3.8, 4) is 0 Å². The van der Waals surface area contributed by atoms with Gasteiger partial charge in [0.15, 0.2) is 0 Å². The van der Waals surface area contributed by atoms with E-state index in [0.717, 1.165) is 0 Å². The average Bonchev–Trinajstić information content (AvgIpc) is 2.12. The maximum absolute atomic E-state index is 1.56. The normalized spacial score (nSPS) is 23.6. The van der Waals surface area contributed by atoms with Gasteiger partial charge >= 0.3 is 50.4 Å². The van der Waals surface area contributed by atoms with Crippen LogP contribution in [-0.4, -0.2) is 27.9 Å². The SMILES string of the molecule is [Na][CH2]C1CC1. The number of rotatable bonds is 1. The van der Waals surface area contributed by atoms with Crippen molar-refractivity contribution < 1.29 is 0 Å². The van der Waals surface area contributed by atoms with Crippen molar-refractivity contribution in [2.24, 2.45) is 5.92 Å². The van der Waals surface area contributed by atoms with Gasteiger partial charge in [0.1, 0.15) is 0 Å². The molecule has 0 aliphatic heterocycles. The van der Waals surface area contributed by atoms with E-state index in [9.17, 15) is 0 Å². The molecule has 1 aliphatic carbocycles. The fourth-order valence-electron chi connectivity index (χ4n) is 0.526. The summed E-state index contributed by atoms with van der Waals surface area (Å²) in [5.41, 5.74) is 0. The molecule has 1 saturated carbocycles. The molecule has 0 nitrogen and oxygen atoms in total. The Bertz CT molecular complexity index is 30.6. The van der Waals surface area contributed by atoms with Crippen LogP contribution >= 0.6 is 0 Å². The molecule has 0 aromatic heterocycles. The molecule has 0 atom stereocenters. The molecule has 5 heavy (non-hydrogen) atoms. The predicted molar refractivity (Wildman–Crippen MR) is 23.3 cm³/mol. The Hall–Kier alpha value is 1.00. The van der Waals surface area contributed by atoms with Gasteiger partial charge in [0.25, 0.3) is 0 Å². The van der Waals surface area contributed by atoms with E-state index in [1.807, 2.05) is 0 Å². The molecule has 0 amide bonds. The zero-order chi connectivity index (χ0) is 3.70. The Morgan fingerprint density at radius 1 is 1.60 bits per heavy atom. The molecule has 0 aromatic carbocycles. The topological polar surface area (TPSA) is 0 Å². The van der Waals surface area contributed by atoms with Gasteiger partial charge in [-0.2, -0.15) is 0 Å². The van der Waals surface area contributed by atoms with Crippen LogP contribution in [0.25, 0.3) is 0 Å². The van der Waals surface area contributed by atoms with E-state index < -0.39 is 0 Å². The van der Waals surface area contributed by atoms with Crippen molar-refractivity contribution >= 4 is 27.9 Å². The molecule has 0 N–H and O–H groups in total. The Kier molecular flexibility index (Phi) is 1.36. The summed E-state index contributed by atoms with van der Waals surface area (Å²) in [5, 5.41) is 0. The minimum atomic E-state index is 1.20. The molecule has 0 unspecified atom stereocenters. The number of hydrogen-bond acceptors (Lipinski definition) is 0. The first-order valence-electron chi connectivity index (χ1n) is 2.43. The predicted octanol–water partition coefficient (Wildman–Crippen LogP) is 0.983. The van der Waals surface area contributed by atoms with Crippen LogP contribution in [0.1, 0.15) is 12.8 Å². The van der Waals surface area contributed by atoms with Crippen LogP contribution in [-0.2, 0) is 0 Å². The summed E-state index contributed by atoms with van der Waals surface area (Å²) in [6.07, 6.45) is 3.09. The zero-order valence-corrected chi connectivity index (χ0v) is 5.70. The van der Waals surface area contributed by atoms with Crippen LogP contribution in [0.15, 0.2) is 0 Å². The Morgan fingerprint density at radius 2 is 2.20 bits per heavy atom. The molecule has 1 heteroatoms. The summed E-state index contributed by atoms with van der Waals surface area (Å²) < 4.78 is 1.56. The van der Waals surface area contributed by atoms with E-state index >= 15 is 0 Å². The maximum atomic E-state index is 1.56. The first-order valence-corrected chi connectivity index (χ1v) is 3.85. The molecule has 0 radical (unpaired) electrons.